The van der Waals surface area contributed by atoms with E-state index in [9.17, 15) is 0 Å². The van der Waals surface area contributed by atoms with E-state index in [4.69, 9.17) is 0 Å². The number of pyridine rings is 1. The van der Waals surface area contributed by atoms with Crippen molar-refractivity contribution in [3.63, 3.8) is 0 Å². The second kappa shape index (κ2) is 3.01. The Bertz CT molecular complexity index is 848. The van der Waals surface area contributed by atoms with Crippen molar-refractivity contribution in [3.05, 3.63) is 42.7 Å². The first kappa shape index (κ1) is 8.64. The van der Waals surface area contributed by atoms with Gasteiger partial charge in [0.15, 0.2) is 0 Å². The van der Waals surface area contributed by atoms with Gasteiger partial charge in [0.2, 0.25) is 0 Å². The van der Waals surface area contributed by atoms with Gasteiger partial charge >= 0.3 is 0 Å². The van der Waals surface area contributed by atoms with Crippen molar-refractivity contribution in [1.29, 1.82) is 0 Å². The van der Waals surface area contributed by atoms with Gasteiger partial charge in [0.05, 0.1) is 22.7 Å². The lowest BCUT2D eigenvalue weighted by Gasteiger charge is -2.01. The Balaban J connectivity index is 2.29. The Hall–Kier alpha value is -2.49. The molecule has 4 rings (SSSR count). The molecule has 4 heteroatoms. The van der Waals surface area contributed by atoms with E-state index in [1.807, 2.05) is 24.4 Å². The normalized spacial score (nSPS) is 11.5. The van der Waals surface area contributed by atoms with E-state index < -0.39 is 0 Å². The van der Waals surface area contributed by atoms with Gasteiger partial charge in [0, 0.05) is 17.0 Å². The molecular weight excluding hydrogens is 212 g/mol. The van der Waals surface area contributed by atoms with Crippen molar-refractivity contribution in [1.82, 2.24) is 20.2 Å². The van der Waals surface area contributed by atoms with Crippen LogP contribution in [-0.4, -0.2) is 20.2 Å². The maximum atomic E-state index is 4.58. The van der Waals surface area contributed by atoms with Crippen molar-refractivity contribution in [2.24, 2.45) is 0 Å². The molecule has 0 saturated carbocycles. The van der Waals surface area contributed by atoms with Gasteiger partial charge < -0.3 is 4.98 Å². The smallest absolute Gasteiger partial charge is 0.112 e. The molecule has 0 fully saturated rings. The zero-order chi connectivity index (χ0) is 11.2. The van der Waals surface area contributed by atoms with Gasteiger partial charge in [-0.2, -0.15) is 5.10 Å². The lowest BCUT2D eigenvalue weighted by atomic mass is 10.1. The summed E-state index contributed by atoms with van der Waals surface area (Å²) in [7, 11) is 0. The maximum absolute atomic E-state index is 4.58. The third-order valence-corrected chi connectivity index (χ3v) is 2.99. The van der Waals surface area contributed by atoms with E-state index >= 15 is 0 Å². The highest BCUT2D eigenvalue weighted by Gasteiger charge is 2.05. The van der Waals surface area contributed by atoms with E-state index in [1.165, 1.54) is 5.39 Å². The van der Waals surface area contributed by atoms with E-state index in [0.717, 1.165) is 27.5 Å². The van der Waals surface area contributed by atoms with Crippen LogP contribution in [0.5, 0.6) is 0 Å². The standard InChI is InChI=1S/C13H8N4/c1-2-10-9(13-8(1)3-5-14-13)7-12-11(16-10)4-6-15-17-12/h1-7,14H. The van der Waals surface area contributed by atoms with Crippen LogP contribution in [0.2, 0.25) is 0 Å². The lowest BCUT2D eigenvalue weighted by Crippen LogP contribution is -1.87. The van der Waals surface area contributed by atoms with Crippen molar-refractivity contribution in [3.8, 4) is 0 Å². The molecule has 0 aliphatic heterocycles. The maximum Gasteiger partial charge on any atom is 0.112 e. The van der Waals surface area contributed by atoms with E-state index in [2.05, 4.69) is 32.3 Å². The zero-order valence-corrected chi connectivity index (χ0v) is 8.88. The van der Waals surface area contributed by atoms with Gasteiger partial charge in [-0.25, -0.2) is 4.98 Å². The van der Waals surface area contributed by atoms with E-state index in [0.29, 0.717) is 0 Å². The molecule has 0 saturated heterocycles. The summed E-state index contributed by atoms with van der Waals surface area (Å²) in [6.07, 6.45) is 3.60. The average Bonchev–Trinajstić information content (AvgIpc) is 2.85. The highest BCUT2D eigenvalue weighted by molar-refractivity contribution is 6.07. The predicted octanol–water partition coefficient (Wildman–Crippen LogP) is 2.66. The molecule has 3 heterocycles. The number of H-pyrrole nitrogens is 1. The van der Waals surface area contributed by atoms with Crippen LogP contribution in [0.3, 0.4) is 0 Å². The summed E-state index contributed by atoms with van der Waals surface area (Å²) in [4.78, 5) is 7.82. The van der Waals surface area contributed by atoms with Crippen molar-refractivity contribution >= 4 is 32.8 Å². The highest BCUT2D eigenvalue weighted by atomic mass is 15.1. The van der Waals surface area contributed by atoms with Crippen LogP contribution < -0.4 is 0 Å². The fourth-order valence-corrected chi connectivity index (χ4v) is 2.18. The number of nitrogens with zero attached hydrogens (tertiary/aromatic N) is 3. The molecule has 80 valence electrons. The Morgan fingerprint density at radius 1 is 0.941 bits per heavy atom. The molecular formula is C13H8N4. The molecule has 0 spiro atoms. The SMILES string of the molecule is c1cc2nc3ccc4cc[nH]c4c3cc2nn1. The fourth-order valence-electron chi connectivity index (χ4n) is 2.18. The molecule has 17 heavy (non-hydrogen) atoms. The quantitative estimate of drug-likeness (QED) is 0.463. The summed E-state index contributed by atoms with van der Waals surface area (Å²) < 4.78 is 0. The fraction of sp³-hybridized carbons (Fsp3) is 0. The monoisotopic (exact) mass is 220 g/mol. The molecule has 1 aromatic carbocycles. The van der Waals surface area contributed by atoms with Crippen LogP contribution in [0.1, 0.15) is 0 Å². The summed E-state index contributed by atoms with van der Waals surface area (Å²) in [5.41, 5.74) is 3.77. The van der Waals surface area contributed by atoms with Crippen molar-refractivity contribution < 1.29 is 0 Å². The predicted molar refractivity (Wildman–Crippen MR) is 66.7 cm³/mol. The van der Waals surface area contributed by atoms with Gasteiger partial charge in [-0.3, -0.25) is 0 Å². The van der Waals surface area contributed by atoms with Crippen molar-refractivity contribution in [2.45, 2.75) is 0 Å². The van der Waals surface area contributed by atoms with Gasteiger partial charge in [-0.15, -0.1) is 5.10 Å². The van der Waals surface area contributed by atoms with Crippen LogP contribution in [0.15, 0.2) is 42.7 Å². The molecule has 0 bridgehead atoms. The first-order valence-electron chi connectivity index (χ1n) is 5.40. The Morgan fingerprint density at radius 3 is 2.94 bits per heavy atom. The summed E-state index contributed by atoms with van der Waals surface area (Å²) >= 11 is 0. The zero-order valence-electron chi connectivity index (χ0n) is 8.88. The van der Waals surface area contributed by atoms with Crippen molar-refractivity contribution in [2.75, 3.05) is 0 Å². The number of aromatic nitrogens is 4. The molecule has 0 aliphatic carbocycles. The number of rotatable bonds is 0. The largest absolute Gasteiger partial charge is 0.361 e. The van der Waals surface area contributed by atoms with Gasteiger partial charge in [0.1, 0.15) is 5.52 Å². The Morgan fingerprint density at radius 2 is 1.94 bits per heavy atom. The number of fused-ring (bicyclic) bond motifs is 4. The number of hydrogen-bond acceptors (Lipinski definition) is 3. The minimum absolute atomic E-state index is 0.821. The second-order valence-electron chi connectivity index (χ2n) is 4.00. The van der Waals surface area contributed by atoms with Crippen LogP contribution in [0.4, 0.5) is 0 Å². The topological polar surface area (TPSA) is 54.5 Å². The molecule has 0 amide bonds. The first-order valence-corrected chi connectivity index (χ1v) is 5.40. The summed E-state index contributed by atoms with van der Waals surface area (Å²) in [6, 6.07) is 10.1. The van der Waals surface area contributed by atoms with Gasteiger partial charge in [-0.05, 0) is 24.3 Å². The molecule has 4 aromatic rings. The third-order valence-electron chi connectivity index (χ3n) is 2.99. The molecule has 0 unspecified atom stereocenters. The molecule has 3 aromatic heterocycles. The van der Waals surface area contributed by atoms with E-state index in [-0.39, 0.29) is 0 Å². The molecule has 0 aliphatic rings. The number of aromatic amines is 1. The number of hydrogen-bond donors (Lipinski definition) is 1. The molecule has 1 N–H and O–H groups in total. The van der Waals surface area contributed by atoms with Gasteiger partial charge in [0.25, 0.3) is 0 Å². The van der Waals surface area contributed by atoms with Crippen LogP contribution in [-0.2, 0) is 0 Å². The van der Waals surface area contributed by atoms with Gasteiger partial charge in [-0.1, -0.05) is 6.07 Å². The van der Waals surface area contributed by atoms with Crippen LogP contribution in [0.25, 0.3) is 32.8 Å². The second-order valence-corrected chi connectivity index (χ2v) is 4.00. The summed E-state index contributed by atoms with van der Waals surface area (Å²) in [5.74, 6) is 0. The number of benzene rings is 1. The van der Waals surface area contributed by atoms with E-state index in [1.54, 1.807) is 6.20 Å². The summed E-state index contributed by atoms with van der Waals surface area (Å²) in [6.45, 7) is 0. The Kier molecular flexibility index (Phi) is 1.53. The van der Waals surface area contributed by atoms with Crippen LogP contribution in [0, 0.1) is 0 Å². The molecule has 0 radical (unpaired) electrons. The third kappa shape index (κ3) is 1.15. The average molecular weight is 220 g/mol. The lowest BCUT2D eigenvalue weighted by molar-refractivity contribution is 1.07. The molecule has 0 atom stereocenters. The van der Waals surface area contributed by atoms with Crippen LogP contribution >= 0.6 is 0 Å². The molecule has 4 nitrogen and oxygen atoms in total. The highest BCUT2D eigenvalue weighted by Crippen LogP contribution is 2.25. The number of nitrogens with one attached hydrogen (secondary N) is 1. The first-order chi connectivity index (χ1) is 8.42. The minimum atomic E-state index is 0.821. The minimum Gasteiger partial charge on any atom is -0.361 e. The summed E-state index contributed by atoms with van der Waals surface area (Å²) in [5, 5.41) is 10.3. The Labute approximate surface area is 96.3 Å².